The largest absolute Gasteiger partial charge is 0.390 e. The molecule has 1 fully saturated rings. The smallest absolute Gasteiger partial charge is 0.145 e. The molecule has 2 N–H and O–H groups in total. The number of benzene rings is 1. The molecular formula is C16H23FN4O. The third-order valence-corrected chi connectivity index (χ3v) is 4.34. The van der Waals surface area contributed by atoms with Crippen LogP contribution in [0.15, 0.2) is 23.4 Å². The van der Waals surface area contributed by atoms with Crippen molar-refractivity contribution in [2.24, 2.45) is 10.9 Å². The van der Waals surface area contributed by atoms with Crippen molar-refractivity contribution in [3.8, 4) is 0 Å². The Labute approximate surface area is 130 Å². The molecule has 0 aliphatic carbocycles. The Kier molecular flexibility index (Phi) is 4.59. The van der Waals surface area contributed by atoms with Crippen molar-refractivity contribution in [2.75, 3.05) is 44.7 Å². The van der Waals surface area contributed by atoms with Gasteiger partial charge in [0.15, 0.2) is 0 Å². The van der Waals surface area contributed by atoms with E-state index in [0.717, 1.165) is 38.3 Å². The fraction of sp³-hybridized carbons (Fsp3) is 0.562. The number of anilines is 1. The van der Waals surface area contributed by atoms with Crippen LogP contribution in [0, 0.1) is 5.82 Å². The number of halogens is 1. The van der Waals surface area contributed by atoms with E-state index in [2.05, 4.69) is 22.0 Å². The molecule has 0 aromatic heterocycles. The monoisotopic (exact) mass is 306 g/mol. The van der Waals surface area contributed by atoms with Gasteiger partial charge in [0, 0.05) is 43.9 Å². The summed E-state index contributed by atoms with van der Waals surface area (Å²) in [6.45, 7) is 4.37. The molecule has 1 atom stereocenters. The van der Waals surface area contributed by atoms with Gasteiger partial charge in [-0.25, -0.2) is 4.39 Å². The first kappa shape index (κ1) is 15.2. The topological polar surface area (TPSA) is 54.1 Å². The van der Waals surface area contributed by atoms with Gasteiger partial charge in [-0.2, -0.15) is 0 Å². The molecule has 1 unspecified atom stereocenters. The van der Waals surface area contributed by atoms with Crippen LogP contribution in [0.1, 0.15) is 18.4 Å². The standard InChI is InChI=1S/C16H23FN4O/c1-20-5-2-6-21(8-7-20)12-3-4-14(15(17)9-12)16-10-13(11-18)22-19-16/h3-4,9,13H,2,5-8,10-11,18H2,1H3. The van der Waals surface area contributed by atoms with Crippen LogP contribution in [0.2, 0.25) is 0 Å². The highest BCUT2D eigenvalue weighted by Crippen LogP contribution is 2.24. The maximum atomic E-state index is 14.5. The third kappa shape index (κ3) is 3.23. The number of likely N-dealkylation sites (N-methyl/N-ethyl adjacent to an activating group) is 1. The number of oxime groups is 1. The Balaban J connectivity index is 1.75. The second-order valence-corrected chi connectivity index (χ2v) is 6.01. The van der Waals surface area contributed by atoms with Gasteiger partial charge in [0.05, 0.1) is 5.71 Å². The summed E-state index contributed by atoms with van der Waals surface area (Å²) in [6.07, 6.45) is 1.54. The minimum atomic E-state index is -0.241. The van der Waals surface area contributed by atoms with Crippen LogP contribution in [-0.4, -0.2) is 56.5 Å². The Hall–Kier alpha value is -1.66. The lowest BCUT2D eigenvalue weighted by Crippen LogP contribution is -2.28. The fourth-order valence-electron chi connectivity index (χ4n) is 2.95. The van der Waals surface area contributed by atoms with Crippen molar-refractivity contribution in [1.82, 2.24) is 4.90 Å². The summed E-state index contributed by atoms with van der Waals surface area (Å²) in [5.41, 5.74) is 7.66. The van der Waals surface area contributed by atoms with E-state index in [0.29, 0.717) is 24.2 Å². The molecule has 2 aliphatic heterocycles. The molecule has 120 valence electrons. The molecule has 1 saturated heterocycles. The molecule has 1 aromatic carbocycles. The lowest BCUT2D eigenvalue weighted by atomic mass is 10.0. The quantitative estimate of drug-likeness (QED) is 0.917. The number of rotatable bonds is 3. The molecule has 1 aromatic rings. The van der Waals surface area contributed by atoms with Crippen LogP contribution >= 0.6 is 0 Å². The number of hydrogen-bond donors (Lipinski definition) is 1. The summed E-state index contributed by atoms with van der Waals surface area (Å²) in [7, 11) is 2.12. The summed E-state index contributed by atoms with van der Waals surface area (Å²) in [5.74, 6) is -0.241. The Bertz CT molecular complexity index is 563. The SMILES string of the molecule is CN1CCCN(c2ccc(C3=NOC(CN)C3)c(F)c2)CC1. The van der Waals surface area contributed by atoms with Crippen molar-refractivity contribution < 1.29 is 9.23 Å². The highest BCUT2D eigenvalue weighted by molar-refractivity contribution is 6.01. The predicted molar refractivity (Wildman–Crippen MR) is 85.8 cm³/mol. The van der Waals surface area contributed by atoms with Gasteiger partial charge in [0.2, 0.25) is 0 Å². The van der Waals surface area contributed by atoms with Crippen LogP contribution in [0.4, 0.5) is 10.1 Å². The molecule has 3 rings (SSSR count). The van der Waals surface area contributed by atoms with Crippen LogP contribution in [0.25, 0.3) is 0 Å². The summed E-state index contributed by atoms with van der Waals surface area (Å²) in [4.78, 5) is 9.73. The van der Waals surface area contributed by atoms with Crippen LogP contribution < -0.4 is 10.6 Å². The van der Waals surface area contributed by atoms with Crippen LogP contribution in [0.3, 0.4) is 0 Å². The van der Waals surface area contributed by atoms with Crippen molar-refractivity contribution in [2.45, 2.75) is 18.9 Å². The van der Waals surface area contributed by atoms with E-state index in [1.54, 1.807) is 12.1 Å². The maximum Gasteiger partial charge on any atom is 0.145 e. The van der Waals surface area contributed by atoms with E-state index in [4.69, 9.17) is 10.6 Å². The molecule has 0 spiro atoms. The zero-order valence-electron chi connectivity index (χ0n) is 13.0. The first-order chi connectivity index (χ1) is 10.7. The molecule has 0 radical (unpaired) electrons. The molecule has 0 amide bonds. The molecule has 0 saturated carbocycles. The Morgan fingerprint density at radius 3 is 2.91 bits per heavy atom. The highest BCUT2D eigenvalue weighted by atomic mass is 19.1. The van der Waals surface area contributed by atoms with Gasteiger partial charge in [0.25, 0.3) is 0 Å². The van der Waals surface area contributed by atoms with Gasteiger partial charge in [0.1, 0.15) is 11.9 Å². The lowest BCUT2D eigenvalue weighted by Gasteiger charge is -2.23. The first-order valence-electron chi connectivity index (χ1n) is 7.83. The second-order valence-electron chi connectivity index (χ2n) is 6.01. The van der Waals surface area contributed by atoms with Gasteiger partial charge in [-0.05, 0) is 38.2 Å². The zero-order chi connectivity index (χ0) is 15.5. The number of nitrogens with zero attached hydrogens (tertiary/aromatic N) is 3. The molecule has 2 heterocycles. The van der Waals surface area contributed by atoms with Crippen LogP contribution in [0.5, 0.6) is 0 Å². The van der Waals surface area contributed by atoms with E-state index in [1.807, 2.05) is 6.07 Å². The third-order valence-electron chi connectivity index (χ3n) is 4.34. The predicted octanol–water partition coefficient (Wildman–Crippen LogP) is 1.42. The van der Waals surface area contributed by atoms with Gasteiger partial charge in [-0.3, -0.25) is 0 Å². The van der Waals surface area contributed by atoms with Gasteiger partial charge in [-0.1, -0.05) is 5.16 Å². The van der Waals surface area contributed by atoms with Gasteiger partial charge in [-0.15, -0.1) is 0 Å². The van der Waals surface area contributed by atoms with E-state index in [-0.39, 0.29) is 11.9 Å². The highest BCUT2D eigenvalue weighted by Gasteiger charge is 2.23. The zero-order valence-corrected chi connectivity index (χ0v) is 13.0. The van der Waals surface area contributed by atoms with E-state index in [1.165, 1.54) is 0 Å². The average Bonchev–Trinajstić information content (AvgIpc) is 2.89. The Morgan fingerprint density at radius 2 is 2.18 bits per heavy atom. The van der Waals surface area contributed by atoms with E-state index >= 15 is 0 Å². The van der Waals surface area contributed by atoms with Gasteiger partial charge < -0.3 is 20.4 Å². The number of hydrogen-bond acceptors (Lipinski definition) is 5. The summed E-state index contributed by atoms with van der Waals surface area (Å²) in [5, 5.41) is 3.96. The molecular weight excluding hydrogens is 283 g/mol. The van der Waals surface area contributed by atoms with E-state index in [9.17, 15) is 4.39 Å². The fourth-order valence-corrected chi connectivity index (χ4v) is 2.95. The van der Waals surface area contributed by atoms with Crippen molar-refractivity contribution in [3.05, 3.63) is 29.6 Å². The first-order valence-corrected chi connectivity index (χ1v) is 7.83. The minimum absolute atomic E-state index is 0.129. The molecule has 22 heavy (non-hydrogen) atoms. The number of nitrogens with two attached hydrogens (primary N) is 1. The van der Waals surface area contributed by atoms with Crippen LogP contribution in [-0.2, 0) is 4.84 Å². The molecule has 2 aliphatic rings. The summed E-state index contributed by atoms with van der Waals surface area (Å²) < 4.78 is 14.5. The molecule has 6 heteroatoms. The Morgan fingerprint density at radius 1 is 1.32 bits per heavy atom. The maximum absolute atomic E-state index is 14.5. The second kappa shape index (κ2) is 6.62. The summed E-state index contributed by atoms with van der Waals surface area (Å²) >= 11 is 0. The minimum Gasteiger partial charge on any atom is -0.390 e. The average molecular weight is 306 g/mol. The van der Waals surface area contributed by atoms with Gasteiger partial charge >= 0.3 is 0 Å². The van der Waals surface area contributed by atoms with E-state index < -0.39 is 0 Å². The van der Waals surface area contributed by atoms with Crippen molar-refractivity contribution in [1.29, 1.82) is 0 Å². The molecule has 0 bridgehead atoms. The molecule has 5 nitrogen and oxygen atoms in total. The lowest BCUT2D eigenvalue weighted by molar-refractivity contribution is 0.0918. The summed E-state index contributed by atoms with van der Waals surface area (Å²) in [6, 6.07) is 5.39. The normalized spacial score (nSPS) is 23.1. The van der Waals surface area contributed by atoms with Crippen molar-refractivity contribution >= 4 is 11.4 Å². The van der Waals surface area contributed by atoms with Crippen molar-refractivity contribution in [3.63, 3.8) is 0 Å².